The molecular weight excluding hydrogens is 413 g/mol. The first-order chi connectivity index (χ1) is 15.5. The maximum Gasteiger partial charge on any atom is 0.407 e. The number of amides is 1. The van der Waals surface area contributed by atoms with Crippen LogP contribution in [0.3, 0.4) is 0 Å². The molecule has 5 rings (SSSR count). The summed E-state index contributed by atoms with van der Waals surface area (Å²) in [5.41, 5.74) is 3.04. The van der Waals surface area contributed by atoms with Gasteiger partial charge in [0.25, 0.3) is 0 Å². The summed E-state index contributed by atoms with van der Waals surface area (Å²) >= 11 is 0. The van der Waals surface area contributed by atoms with E-state index in [0.29, 0.717) is 22.8 Å². The number of rotatable bonds is 3. The molecule has 0 aliphatic carbocycles. The van der Waals surface area contributed by atoms with Gasteiger partial charge in [0.15, 0.2) is 11.5 Å². The molecule has 1 aliphatic heterocycles. The van der Waals surface area contributed by atoms with Gasteiger partial charge in [0, 0.05) is 31.1 Å². The standard InChI is InChI=1S/C23H22FN5O3/c1-14-7-12-29-20(13-14)26-27-22(29)17-6-5-15-3-2-4-19(21(15)25-17)32-18-9-11-28(23(30)31)10-8-16(18)24/h2-7,12-13,16,18H,8-11H2,1H3,(H,30,31). The molecule has 1 aromatic carbocycles. The van der Waals surface area contributed by atoms with Gasteiger partial charge in [0.1, 0.15) is 29.2 Å². The van der Waals surface area contributed by atoms with E-state index in [1.165, 1.54) is 4.90 Å². The van der Waals surface area contributed by atoms with Crippen molar-refractivity contribution in [2.75, 3.05) is 13.1 Å². The van der Waals surface area contributed by atoms with Gasteiger partial charge in [-0.25, -0.2) is 14.2 Å². The van der Waals surface area contributed by atoms with Gasteiger partial charge in [-0.1, -0.05) is 18.2 Å². The molecule has 8 nitrogen and oxygen atoms in total. The van der Waals surface area contributed by atoms with E-state index < -0.39 is 18.4 Å². The second-order valence-electron chi connectivity index (χ2n) is 8.00. The first-order valence-corrected chi connectivity index (χ1v) is 10.5. The lowest BCUT2D eigenvalue weighted by Gasteiger charge is -2.21. The summed E-state index contributed by atoms with van der Waals surface area (Å²) in [7, 11) is 0. The number of para-hydroxylation sites is 1. The van der Waals surface area contributed by atoms with E-state index in [1.54, 1.807) is 6.07 Å². The zero-order chi connectivity index (χ0) is 22.2. The molecule has 2 atom stereocenters. The third kappa shape index (κ3) is 3.70. The Bertz CT molecular complexity index is 1310. The Morgan fingerprint density at radius 3 is 2.84 bits per heavy atom. The molecule has 1 amide bonds. The molecule has 0 radical (unpaired) electrons. The van der Waals surface area contributed by atoms with E-state index in [0.717, 1.165) is 16.6 Å². The maximum atomic E-state index is 14.8. The number of hydrogen-bond donors (Lipinski definition) is 1. The second-order valence-corrected chi connectivity index (χ2v) is 8.00. The molecule has 32 heavy (non-hydrogen) atoms. The molecular formula is C23H22FN5O3. The SMILES string of the molecule is Cc1ccn2c(-c3ccc4cccc(OC5CCN(C(=O)O)CCC5F)c4n3)nnc2c1. The minimum Gasteiger partial charge on any atom is -0.485 e. The molecule has 0 spiro atoms. The van der Waals surface area contributed by atoms with E-state index in [1.807, 2.05) is 53.9 Å². The van der Waals surface area contributed by atoms with Crippen molar-refractivity contribution in [1.82, 2.24) is 24.5 Å². The summed E-state index contributed by atoms with van der Waals surface area (Å²) in [5, 5.41) is 18.6. The van der Waals surface area contributed by atoms with Crippen LogP contribution < -0.4 is 4.74 Å². The topological polar surface area (TPSA) is 92.9 Å². The van der Waals surface area contributed by atoms with Crippen molar-refractivity contribution < 1.29 is 19.0 Å². The lowest BCUT2D eigenvalue weighted by molar-refractivity contribution is 0.0980. The third-order valence-electron chi connectivity index (χ3n) is 5.79. The fourth-order valence-corrected chi connectivity index (χ4v) is 4.03. The number of benzene rings is 1. The molecule has 0 saturated carbocycles. The number of hydrogen-bond acceptors (Lipinski definition) is 5. The highest BCUT2D eigenvalue weighted by Crippen LogP contribution is 2.30. The van der Waals surface area contributed by atoms with E-state index in [9.17, 15) is 14.3 Å². The number of pyridine rings is 2. The predicted octanol–water partition coefficient (Wildman–Crippen LogP) is 4.11. The van der Waals surface area contributed by atoms with E-state index in [-0.39, 0.29) is 25.9 Å². The van der Waals surface area contributed by atoms with Crippen LogP contribution in [0.4, 0.5) is 9.18 Å². The fourth-order valence-electron chi connectivity index (χ4n) is 4.03. The quantitative estimate of drug-likeness (QED) is 0.521. The summed E-state index contributed by atoms with van der Waals surface area (Å²) in [6, 6.07) is 13.2. The number of likely N-dealkylation sites (tertiary alicyclic amines) is 1. The van der Waals surface area contributed by atoms with Crippen LogP contribution in [0.25, 0.3) is 28.1 Å². The van der Waals surface area contributed by atoms with Gasteiger partial charge in [-0.15, -0.1) is 10.2 Å². The Morgan fingerprint density at radius 2 is 2.00 bits per heavy atom. The minimum atomic E-state index is -1.26. The van der Waals surface area contributed by atoms with E-state index in [4.69, 9.17) is 9.72 Å². The molecule has 4 heterocycles. The zero-order valence-corrected chi connectivity index (χ0v) is 17.5. The van der Waals surface area contributed by atoms with Crippen LogP contribution in [0.15, 0.2) is 48.7 Å². The van der Waals surface area contributed by atoms with Crippen LogP contribution in [-0.4, -0.2) is 61.0 Å². The predicted molar refractivity (Wildman–Crippen MR) is 117 cm³/mol. The number of aryl methyl sites for hydroxylation is 1. The van der Waals surface area contributed by atoms with Crippen molar-refractivity contribution >= 4 is 22.6 Å². The Labute approximate surface area is 183 Å². The van der Waals surface area contributed by atoms with Crippen LogP contribution >= 0.6 is 0 Å². The average molecular weight is 435 g/mol. The van der Waals surface area contributed by atoms with Crippen molar-refractivity contribution in [1.29, 1.82) is 0 Å². The number of halogens is 1. The van der Waals surface area contributed by atoms with Gasteiger partial charge in [-0.05, 0) is 43.2 Å². The van der Waals surface area contributed by atoms with E-state index in [2.05, 4.69) is 10.2 Å². The van der Waals surface area contributed by atoms with Crippen molar-refractivity contribution in [3.8, 4) is 17.3 Å². The number of nitrogens with zero attached hydrogens (tertiary/aromatic N) is 5. The lowest BCUT2D eigenvalue weighted by atomic mass is 10.1. The number of aromatic nitrogens is 4. The smallest absolute Gasteiger partial charge is 0.407 e. The van der Waals surface area contributed by atoms with Crippen molar-refractivity contribution in [2.45, 2.75) is 32.0 Å². The Balaban J connectivity index is 1.49. The van der Waals surface area contributed by atoms with Gasteiger partial charge >= 0.3 is 6.09 Å². The average Bonchev–Trinajstić information content (AvgIpc) is 3.11. The first kappa shape index (κ1) is 20.2. The number of ether oxygens (including phenoxy) is 1. The number of carbonyl (C=O) groups is 1. The summed E-state index contributed by atoms with van der Waals surface area (Å²) in [6.45, 7) is 2.39. The molecule has 9 heteroatoms. The summed E-state index contributed by atoms with van der Waals surface area (Å²) in [6.07, 6.45) is -0.760. The van der Waals surface area contributed by atoms with Crippen LogP contribution in [0.5, 0.6) is 5.75 Å². The highest BCUT2D eigenvalue weighted by molar-refractivity contribution is 5.86. The van der Waals surface area contributed by atoms with Gasteiger partial charge < -0.3 is 14.7 Å². The van der Waals surface area contributed by atoms with Gasteiger partial charge in [-0.2, -0.15) is 0 Å². The highest BCUT2D eigenvalue weighted by atomic mass is 19.1. The number of carboxylic acid groups (broad SMARTS) is 1. The molecule has 1 fully saturated rings. The molecule has 4 aromatic rings. The fraction of sp³-hybridized carbons (Fsp3) is 0.304. The van der Waals surface area contributed by atoms with Gasteiger partial charge in [0.05, 0.1) is 0 Å². The van der Waals surface area contributed by atoms with E-state index >= 15 is 0 Å². The van der Waals surface area contributed by atoms with Crippen LogP contribution in [-0.2, 0) is 0 Å². The highest BCUT2D eigenvalue weighted by Gasteiger charge is 2.30. The Morgan fingerprint density at radius 1 is 1.16 bits per heavy atom. The summed E-state index contributed by atoms with van der Waals surface area (Å²) in [4.78, 5) is 17.3. The molecule has 0 bridgehead atoms. The minimum absolute atomic E-state index is 0.103. The third-order valence-corrected chi connectivity index (χ3v) is 5.79. The molecule has 1 aliphatic rings. The van der Waals surface area contributed by atoms with Crippen molar-refractivity contribution in [3.63, 3.8) is 0 Å². The normalized spacial score (nSPS) is 19.2. The number of alkyl halides is 1. The van der Waals surface area contributed by atoms with Gasteiger partial charge in [0.2, 0.25) is 0 Å². The van der Waals surface area contributed by atoms with Crippen LogP contribution in [0.1, 0.15) is 18.4 Å². The van der Waals surface area contributed by atoms with Crippen molar-refractivity contribution in [2.24, 2.45) is 0 Å². The molecule has 1 N–H and O–H groups in total. The summed E-state index contributed by atoms with van der Waals surface area (Å²) < 4.78 is 22.7. The summed E-state index contributed by atoms with van der Waals surface area (Å²) in [5.74, 6) is 1.07. The Hall–Kier alpha value is -3.75. The largest absolute Gasteiger partial charge is 0.485 e. The molecule has 164 valence electrons. The van der Waals surface area contributed by atoms with Crippen LogP contribution in [0.2, 0.25) is 0 Å². The first-order valence-electron chi connectivity index (χ1n) is 10.5. The van der Waals surface area contributed by atoms with Crippen molar-refractivity contribution in [3.05, 3.63) is 54.2 Å². The van der Waals surface area contributed by atoms with Gasteiger partial charge in [-0.3, -0.25) is 4.40 Å². The molecule has 1 saturated heterocycles. The maximum absolute atomic E-state index is 14.8. The zero-order valence-electron chi connectivity index (χ0n) is 17.5. The Kier molecular flexibility index (Phi) is 5.08. The van der Waals surface area contributed by atoms with Crippen LogP contribution in [0, 0.1) is 6.92 Å². The molecule has 3 aromatic heterocycles. The monoisotopic (exact) mass is 435 g/mol. The number of fused-ring (bicyclic) bond motifs is 2. The second kappa shape index (κ2) is 8.07. The molecule has 2 unspecified atom stereocenters. The lowest BCUT2D eigenvalue weighted by Crippen LogP contribution is -2.31.